The van der Waals surface area contributed by atoms with E-state index in [-0.39, 0.29) is 11.7 Å². The topological polar surface area (TPSA) is 100 Å². The molecule has 1 amide bonds. The molecule has 0 bridgehead atoms. The quantitative estimate of drug-likeness (QED) is 0.335. The van der Waals surface area contributed by atoms with Gasteiger partial charge in [0.05, 0.1) is 7.11 Å². The normalized spacial score (nSPS) is 10.6. The molecule has 0 fully saturated rings. The number of carboxylic acids is 1. The summed E-state index contributed by atoms with van der Waals surface area (Å²) in [5.74, 6) is -1.04. The molecule has 7 nitrogen and oxygen atoms in total. The zero-order chi connectivity index (χ0) is 11.0. The number of amidine groups is 1. The number of nitrogens with zero attached hydrogens (tertiary/aromatic N) is 1. The highest BCUT2D eigenvalue weighted by Gasteiger charge is 2.01. The molecule has 0 saturated carbocycles. The van der Waals surface area contributed by atoms with Crippen molar-refractivity contribution in [2.75, 3.05) is 19.9 Å². The fourth-order valence-corrected chi connectivity index (χ4v) is 0.797. The maximum atomic E-state index is 10.6. The molecule has 0 saturated heterocycles. The summed E-state index contributed by atoms with van der Waals surface area (Å²) in [5, 5.41) is 8.61. The van der Waals surface area contributed by atoms with Crippen LogP contribution in [0.1, 0.15) is 0 Å². The third kappa shape index (κ3) is 6.12. The van der Waals surface area contributed by atoms with Gasteiger partial charge in [0.15, 0.2) is 5.17 Å². The number of hydrogen-bond acceptors (Lipinski definition) is 5. The number of rotatable bonds is 2. The largest absolute Gasteiger partial charge is 0.480 e. The van der Waals surface area contributed by atoms with Crippen molar-refractivity contribution < 1.29 is 19.4 Å². The highest BCUT2D eigenvalue weighted by molar-refractivity contribution is 8.13. The van der Waals surface area contributed by atoms with Crippen LogP contribution in [0.4, 0.5) is 4.79 Å². The lowest BCUT2D eigenvalue weighted by atomic mass is 10.7. The second-order valence-electron chi connectivity index (χ2n) is 1.96. The molecular formula is C6H11N3O4S. The molecule has 0 aromatic carbocycles. The SMILES string of the molecule is COC(=O)NNC(=NCC(=O)O)SC. The number of nitrogens with one attached hydrogen (secondary N) is 2. The van der Waals surface area contributed by atoms with Gasteiger partial charge in [-0.2, -0.15) is 0 Å². The number of hydrogen-bond donors (Lipinski definition) is 3. The second-order valence-corrected chi connectivity index (χ2v) is 2.76. The first-order valence-electron chi connectivity index (χ1n) is 3.50. The fourth-order valence-electron chi connectivity index (χ4n) is 0.450. The smallest absolute Gasteiger partial charge is 0.425 e. The lowest BCUT2D eigenvalue weighted by Gasteiger charge is -2.07. The molecule has 80 valence electrons. The van der Waals surface area contributed by atoms with E-state index < -0.39 is 12.1 Å². The second kappa shape index (κ2) is 7.01. The third-order valence-electron chi connectivity index (χ3n) is 1.01. The molecule has 0 aliphatic carbocycles. The molecule has 0 radical (unpaired) electrons. The molecule has 0 spiro atoms. The number of amides is 1. The summed E-state index contributed by atoms with van der Waals surface area (Å²) >= 11 is 1.17. The number of thioether (sulfide) groups is 1. The number of ether oxygens (including phenoxy) is 1. The molecule has 3 N–H and O–H groups in total. The van der Waals surface area contributed by atoms with E-state index in [1.54, 1.807) is 6.26 Å². The molecule has 8 heteroatoms. The van der Waals surface area contributed by atoms with Crippen molar-refractivity contribution in [1.82, 2.24) is 10.9 Å². The first-order valence-corrected chi connectivity index (χ1v) is 4.72. The van der Waals surface area contributed by atoms with Gasteiger partial charge in [0.1, 0.15) is 6.54 Å². The monoisotopic (exact) mass is 221 g/mol. The molecule has 0 heterocycles. The van der Waals surface area contributed by atoms with E-state index in [9.17, 15) is 9.59 Å². The average molecular weight is 221 g/mol. The lowest BCUT2D eigenvalue weighted by Crippen LogP contribution is -2.40. The van der Waals surface area contributed by atoms with E-state index in [1.807, 2.05) is 0 Å². The zero-order valence-electron chi connectivity index (χ0n) is 7.73. The zero-order valence-corrected chi connectivity index (χ0v) is 8.55. The van der Waals surface area contributed by atoms with Gasteiger partial charge in [-0.1, -0.05) is 11.8 Å². The van der Waals surface area contributed by atoms with Crippen LogP contribution in [0, 0.1) is 0 Å². The number of methoxy groups -OCH3 is 1. The van der Waals surface area contributed by atoms with Gasteiger partial charge in [-0.05, 0) is 6.26 Å². The van der Waals surface area contributed by atoms with Crippen LogP contribution in [-0.4, -0.2) is 42.2 Å². The maximum absolute atomic E-state index is 10.6. The Morgan fingerprint density at radius 3 is 2.57 bits per heavy atom. The van der Waals surface area contributed by atoms with Crippen LogP contribution >= 0.6 is 11.8 Å². The standard InChI is InChI=1S/C6H11N3O4S/c1-13-6(12)9-8-5(14-2)7-3-4(10)11/h3H2,1-2H3,(H,7,8)(H,9,12)(H,10,11). The Kier molecular flexibility index (Phi) is 6.29. The van der Waals surface area contributed by atoms with Gasteiger partial charge >= 0.3 is 12.1 Å². The number of carboxylic acid groups (broad SMARTS) is 1. The highest BCUT2D eigenvalue weighted by atomic mass is 32.2. The highest BCUT2D eigenvalue weighted by Crippen LogP contribution is 1.93. The Bertz CT molecular complexity index is 243. The number of aliphatic imine (C=N–C) groups is 1. The van der Waals surface area contributed by atoms with E-state index in [0.29, 0.717) is 0 Å². The van der Waals surface area contributed by atoms with Crippen LogP contribution in [0.5, 0.6) is 0 Å². The molecule has 0 rings (SSSR count). The van der Waals surface area contributed by atoms with Gasteiger partial charge in [-0.25, -0.2) is 15.2 Å². The lowest BCUT2D eigenvalue weighted by molar-refractivity contribution is -0.135. The van der Waals surface area contributed by atoms with E-state index >= 15 is 0 Å². The summed E-state index contributed by atoms with van der Waals surface area (Å²) in [6.45, 7) is -0.355. The van der Waals surface area contributed by atoms with Crippen molar-refractivity contribution in [3.63, 3.8) is 0 Å². The number of carbonyl (C=O) groups excluding carboxylic acids is 1. The van der Waals surface area contributed by atoms with Crippen molar-refractivity contribution in [1.29, 1.82) is 0 Å². The predicted octanol–water partition coefficient (Wildman–Crippen LogP) is -0.349. The Morgan fingerprint density at radius 2 is 2.14 bits per heavy atom. The molecule has 0 aromatic heterocycles. The van der Waals surface area contributed by atoms with Gasteiger partial charge in [-0.3, -0.25) is 10.2 Å². The van der Waals surface area contributed by atoms with Crippen LogP contribution in [-0.2, 0) is 9.53 Å². The van der Waals surface area contributed by atoms with Crippen molar-refractivity contribution in [2.45, 2.75) is 0 Å². The molecule has 0 unspecified atom stereocenters. The fraction of sp³-hybridized carbons (Fsp3) is 0.500. The van der Waals surface area contributed by atoms with Crippen LogP contribution in [0.3, 0.4) is 0 Å². The minimum absolute atomic E-state index is 0.290. The van der Waals surface area contributed by atoms with Gasteiger partial charge in [0.25, 0.3) is 0 Å². The number of hydrazine groups is 1. The van der Waals surface area contributed by atoms with E-state index in [0.717, 1.165) is 0 Å². The van der Waals surface area contributed by atoms with Crippen LogP contribution < -0.4 is 10.9 Å². The van der Waals surface area contributed by atoms with Crippen LogP contribution in [0.15, 0.2) is 4.99 Å². The Labute approximate surface area is 84.9 Å². The maximum Gasteiger partial charge on any atom is 0.425 e. The van der Waals surface area contributed by atoms with Crippen LogP contribution in [0.25, 0.3) is 0 Å². The summed E-state index contributed by atoms with van der Waals surface area (Å²) in [4.78, 5) is 24.4. The molecule has 0 atom stereocenters. The summed E-state index contributed by atoms with van der Waals surface area (Å²) in [7, 11) is 1.21. The first kappa shape index (κ1) is 12.6. The van der Waals surface area contributed by atoms with Crippen LogP contribution in [0.2, 0.25) is 0 Å². The summed E-state index contributed by atoms with van der Waals surface area (Å²) in [6.07, 6.45) is 1.01. The number of carbonyl (C=O) groups is 2. The summed E-state index contributed by atoms with van der Waals surface area (Å²) in [5.41, 5.74) is 4.55. The van der Waals surface area contributed by atoms with Crippen molar-refractivity contribution in [2.24, 2.45) is 4.99 Å². The number of aliphatic carboxylic acids is 1. The van der Waals surface area contributed by atoms with Gasteiger partial charge in [0, 0.05) is 0 Å². The predicted molar refractivity (Wildman–Crippen MR) is 52.1 cm³/mol. The molecule has 0 aliphatic heterocycles. The van der Waals surface area contributed by atoms with E-state index in [4.69, 9.17) is 5.11 Å². The van der Waals surface area contributed by atoms with E-state index in [2.05, 4.69) is 20.6 Å². The molecular weight excluding hydrogens is 210 g/mol. The Hall–Kier alpha value is -1.44. The molecule has 0 aromatic rings. The molecule has 14 heavy (non-hydrogen) atoms. The van der Waals surface area contributed by atoms with Gasteiger partial charge < -0.3 is 9.84 Å². The van der Waals surface area contributed by atoms with Gasteiger partial charge in [-0.15, -0.1) is 0 Å². The Morgan fingerprint density at radius 1 is 1.50 bits per heavy atom. The molecule has 0 aliphatic rings. The van der Waals surface area contributed by atoms with Crippen molar-refractivity contribution in [3.05, 3.63) is 0 Å². The third-order valence-corrected chi connectivity index (χ3v) is 1.63. The minimum Gasteiger partial charge on any atom is -0.480 e. The van der Waals surface area contributed by atoms with E-state index in [1.165, 1.54) is 18.9 Å². The first-order chi connectivity index (χ1) is 6.60. The average Bonchev–Trinajstić information content (AvgIpc) is 2.17. The van der Waals surface area contributed by atoms with Crippen molar-refractivity contribution in [3.8, 4) is 0 Å². The van der Waals surface area contributed by atoms with Gasteiger partial charge in [0.2, 0.25) is 0 Å². The van der Waals surface area contributed by atoms with Crippen molar-refractivity contribution >= 4 is 29.0 Å². The minimum atomic E-state index is -1.04. The summed E-state index contributed by atoms with van der Waals surface area (Å²) in [6, 6.07) is 0. The Balaban J connectivity index is 3.96. The summed E-state index contributed by atoms with van der Waals surface area (Å²) < 4.78 is 4.28.